The molecule has 3 heteroatoms. The lowest BCUT2D eigenvalue weighted by Crippen LogP contribution is -2.46. The van der Waals surface area contributed by atoms with Gasteiger partial charge in [-0.15, -0.1) is 0 Å². The van der Waals surface area contributed by atoms with E-state index in [4.69, 9.17) is 0 Å². The second kappa shape index (κ2) is 5.85. The number of rotatable bonds is 5. The number of carbonyl (C=O) groups excluding carboxylic acids is 1. The summed E-state index contributed by atoms with van der Waals surface area (Å²) in [6, 6.07) is 0.632. The second-order valence-electron chi connectivity index (χ2n) is 5.80. The van der Waals surface area contributed by atoms with Crippen molar-refractivity contribution in [2.75, 3.05) is 19.6 Å². The van der Waals surface area contributed by atoms with Gasteiger partial charge in [-0.05, 0) is 38.1 Å². The third kappa shape index (κ3) is 3.70. The molecule has 3 nitrogen and oxygen atoms in total. The van der Waals surface area contributed by atoms with Crippen molar-refractivity contribution in [1.29, 1.82) is 0 Å². The van der Waals surface area contributed by atoms with Gasteiger partial charge in [-0.1, -0.05) is 20.3 Å². The lowest BCUT2D eigenvalue weighted by atomic mass is 10.0. The number of piperidine rings is 1. The van der Waals surface area contributed by atoms with Crippen LogP contribution in [-0.2, 0) is 4.79 Å². The van der Waals surface area contributed by atoms with Crippen LogP contribution in [0.4, 0.5) is 0 Å². The largest absolute Gasteiger partial charge is 0.342 e. The maximum Gasteiger partial charge on any atom is 0.225 e. The van der Waals surface area contributed by atoms with Gasteiger partial charge in [-0.2, -0.15) is 0 Å². The summed E-state index contributed by atoms with van der Waals surface area (Å²) >= 11 is 0. The molecule has 1 heterocycles. The minimum Gasteiger partial charge on any atom is -0.342 e. The van der Waals surface area contributed by atoms with Crippen molar-refractivity contribution in [2.24, 2.45) is 11.8 Å². The summed E-state index contributed by atoms with van der Waals surface area (Å²) in [5.74, 6) is 1.58. The standard InChI is InChI=1S/C14H26N2O/c1-3-11(2)10-15-13-6-8-16(9-7-13)14(17)12-4-5-12/h11-13,15H,3-10H2,1-2H3. The first kappa shape index (κ1) is 12.9. The Labute approximate surface area is 105 Å². The Morgan fingerprint density at radius 1 is 1.29 bits per heavy atom. The minimum atomic E-state index is 0.389. The predicted octanol–water partition coefficient (Wildman–Crippen LogP) is 2.02. The van der Waals surface area contributed by atoms with E-state index in [9.17, 15) is 4.79 Å². The number of likely N-dealkylation sites (tertiary alicyclic amines) is 1. The van der Waals surface area contributed by atoms with Gasteiger partial charge in [-0.25, -0.2) is 0 Å². The Hall–Kier alpha value is -0.570. The van der Waals surface area contributed by atoms with Crippen LogP contribution >= 0.6 is 0 Å². The van der Waals surface area contributed by atoms with Gasteiger partial charge in [0.1, 0.15) is 0 Å². The monoisotopic (exact) mass is 238 g/mol. The summed E-state index contributed by atoms with van der Waals surface area (Å²) in [5, 5.41) is 3.64. The molecule has 0 spiro atoms. The zero-order valence-corrected chi connectivity index (χ0v) is 11.2. The Morgan fingerprint density at radius 2 is 1.94 bits per heavy atom. The van der Waals surface area contributed by atoms with Gasteiger partial charge in [0.25, 0.3) is 0 Å². The van der Waals surface area contributed by atoms with Crippen LogP contribution in [0.3, 0.4) is 0 Å². The topological polar surface area (TPSA) is 32.3 Å². The molecule has 1 atom stereocenters. The molecule has 2 fully saturated rings. The Bertz CT molecular complexity index is 255. The maximum atomic E-state index is 11.9. The molecular formula is C14H26N2O. The molecule has 2 aliphatic rings. The Kier molecular flexibility index (Phi) is 4.43. The number of hydrogen-bond donors (Lipinski definition) is 1. The molecule has 1 unspecified atom stereocenters. The molecule has 0 aromatic carbocycles. The van der Waals surface area contributed by atoms with Gasteiger partial charge in [-0.3, -0.25) is 4.79 Å². The highest BCUT2D eigenvalue weighted by Crippen LogP contribution is 2.31. The van der Waals surface area contributed by atoms with Crippen LogP contribution in [-0.4, -0.2) is 36.5 Å². The lowest BCUT2D eigenvalue weighted by molar-refractivity contribution is -0.133. The summed E-state index contributed by atoms with van der Waals surface area (Å²) in [6.07, 6.45) is 5.77. The minimum absolute atomic E-state index is 0.389. The van der Waals surface area contributed by atoms with Gasteiger partial charge in [0, 0.05) is 25.0 Å². The molecule has 1 N–H and O–H groups in total. The first-order valence-electron chi connectivity index (χ1n) is 7.23. The van der Waals surface area contributed by atoms with Gasteiger partial charge in [0.15, 0.2) is 0 Å². The highest BCUT2D eigenvalue weighted by Gasteiger charge is 2.34. The van der Waals surface area contributed by atoms with Gasteiger partial charge >= 0.3 is 0 Å². The molecular weight excluding hydrogens is 212 g/mol. The molecule has 98 valence electrons. The van der Waals surface area contributed by atoms with Crippen LogP contribution in [0.25, 0.3) is 0 Å². The molecule has 2 rings (SSSR count). The predicted molar refractivity (Wildman–Crippen MR) is 69.8 cm³/mol. The first-order chi connectivity index (χ1) is 8.20. The average Bonchev–Trinajstić information content (AvgIpc) is 3.20. The van der Waals surface area contributed by atoms with E-state index in [0.29, 0.717) is 17.9 Å². The highest BCUT2D eigenvalue weighted by atomic mass is 16.2. The number of amides is 1. The molecule has 1 saturated carbocycles. The van der Waals surface area contributed by atoms with Crippen LogP contribution in [0.15, 0.2) is 0 Å². The smallest absolute Gasteiger partial charge is 0.225 e. The van der Waals surface area contributed by atoms with Crippen molar-refractivity contribution in [2.45, 2.75) is 52.0 Å². The normalized spacial score (nSPS) is 23.8. The number of carbonyl (C=O) groups is 1. The number of hydrogen-bond acceptors (Lipinski definition) is 2. The third-order valence-corrected chi connectivity index (χ3v) is 4.19. The average molecular weight is 238 g/mol. The van der Waals surface area contributed by atoms with Crippen LogP contribution in [0, 0.1) is 11.8 Å². The maximum absolute atomic E-state index is 11.9. The van der Waals surface area contributed by atoms with Crippen molar-refractivity contribution in [1.82, 2.24) is 10.2 Å². The van der Waals surface area contributed by atoms with E-state index in [0.717, 1.165) is 51.2 Å². The number of nitrogens with zero attached hydrogens (tertiary/aromatic N) is 1. The number of nitrogens with one attached hydrogen (secondary N) is 1. The summed E-state index contributed by atoms with van der Waals surface area (Å²) in [4.78, 5) is 14.0. The summed E-state index contributed by atoms with van der Waals surface area (Å²) in [7, 11) is 0. The summed E-state index contributed by atoms with van der Waals surface area (Å²) in [6.45, 7) is 7.58. The van der Waals surface area contributed by atoms with E-state index in [2.05, 4.69) is 24.1 Å². The molecule has 1 amide bonds. The second-order valence-corrected chi connectivity index (χ2v) is 5.80. The molecule has 1 aliphatic heterocycles. The van der Waals surface area contributed by atoms with Gasteiger partial charge in [0.05, 0.1) is 0 Å². The van der Waals surface area contributed by atoms with E-state index < -0.39 is 0 Å². The fourth-order valence-electron chi connectivity index (χ4n) is 2.40. The van der Waals surface area contributed by atoms with E-state index in [1.54, 1.807) is 0 Å². The van der Waals surface area contributed by atoms with Crippen molar-refractivity contribution in [3.05, 3.63) is 0 Å². The quantitative estimate of drug-likeness (QED) is 0.795. The van der Waals surface area contributed by atoms with Crippen molar-refractivity contribution in [3.8, 4) is 0 Å². The fraction of sp³-hybridized carbons (Fsp3) is 0.929. The van der Waals surface area contributed by atoms with Crippen LogP contribution in [0.5, 0.6) is 0 Å². The zero-order valence-electron chi connectivity index (χ0n) is 11.2. The SMILES string of the molecule is CCC(C)CNC1CCN(C(=O)C2CC2)CC1. The van der Waals surface area contributed by atoms with E-state index in [1.807, 2.05) is 0 Å². The van der Waals surface area contributed by atoms with Gasteiger partial charge in [0.2, 0.25) is 5.91 Å². The van der Waals surface area contributed by atoms with Crippen molar-refractivity contribution >= 4 is 5.91 Å². The first-order valence-corrected chi connectivity index (χ1v) is 7.23. The van der Waals surface area contributed by atoms with Crippen LogP contribution in [0.2, 0.25) is 0 Å². The van der Waals surface area contributed by atoms with Crippen molar-refractivity contribution in [3.63, 3.8) is 0 Å². The van der Waals surface area contributed by atoms with Crippen LogP contribution < -0.4 is 5.32 Å². The molecule has 1 aliphatic carbocycles. The molecule has 0 aromatic heterocycles. The summed E-state index contributed by atoms with van der Waals surface area (Å²) in [5.41, 5.74) is 0. The fourth-order valence-corrected chi connectivity index (χ4v) is 2.40. The van der Waals surface area contributed by atoms with E-state index in [1.165, 1.54) is 6.42 Å². The molecule has 1 saturated heterocycles. The summed E-state index contributed by atoms with van der Waals surface area (Å²) < 4.78 is 0. The molecule has 17 heavy (non-hydrogen) atoms. The molecule has 0 aromatic rings. The zero-order chi connectivity index (χ0) is 12.3. The van der Waals surface area contributed by atoms with Crippen LogP contribution in [0.1, 0.15) is 46.0 Å². The Morgan fingerprint density at radius 3 is 2.47 bits per heavy atom. The third-order valence-electron chi connectivity index (χ3n) is 4.19. The molecule has 0 radical (unpaired) electrons. The van der Waals surface area contributed by atoms with Gasteiger partial charge < -0.3 is 10.2 Å². The highest BCUT2D eigenvalue weighted by molar-refractivity contribution is 5.81. The lowest BCUT2D eigenvalue weighted by Gasteiger charge is -2.33. The van der Waals surface area contributed by atoms with Crippen molar-refractivity contribution < 1.29 is 4.79 Å². The van der Waals surface area contributed by atoms with E-state index >= 15 is 0 Å². The Balaban J connectivity index is 1.65. The molecule has 0 bridgehead atoms. The van der Waals surface area contributed by atoms with E-state index in [-0.39, 0.29) is 0 Å².